The standard InChI is InChI=1S/C12H12BrN3O2/c1-16-12(14)10(4-15-16)9-3-8(13)2-7-5-17-6-18-11(7)9/h2-4H,5-6,14H2,1H3. The van der Waals surface area contributed by atoms with Crippen molar-refractivity contribution in [2.45, 2.75) is 6.61 Å². The van der Waals surface area contributed by atoms with Crippen LogP contribution in [0.1, 0.15) is 5.56 Å². The summed E-state index contributed by atoms with van der Waals surface area (Å²) in [4.78, 5) is 0. The lowest BCUT2D eigenvalue weighted by molar-refractivity contribution is -0.0159. The Kier molecular flexibility index (Phi) is 2.76. The maximum atomic E-state index is 6.02. The molecule has 5 nitrogen and oxygen atoms in total. The Labute approximate surface area is 113 Å². The van der Waals surface area contributed by atoms with E-state index in [4.69, 9.17) is 15.2 Å². The van der Waals surface area contributed by atoms with E-state index in [9.17, 15) is 0 Å². The number of hydrogen-bond donors (Lipinski definition) is 1. The summed E-state index contributed by atoms with van der Waals surface area (Å²) < 4.78 is 13.5. The maximum Gasteiger partial charge on any atom is 0.189 e. The van der Waals surface area contributed by atoms with Crippen molar-refractivity contribution in [2.75, 3.05) is 12.5 Å². The average molecular weight is 310 g/mol. The van der Waals surface area contributed by atoms with Crippen molar-refractivity contribution in [1.29, 1.82) is 0 Å². The number of hydrogen-bond acceptors (Lipinski definition) is 4. The Morgan fingerprint density at radius 1 is 1.39 bits per heavy atom. The number of halogens is 1. The van der Waals surface area contributed by atoms with Gasteiger partial charge < -0.3 is 15.2 Å². The summed E-state index contributed by atoms with van der Waals surface area (Å²) in [7, 11) is 1.81. The molecule has 18 heavy (non-hydrogen) atoms. The van der Waals surface area contributed by atoms with Gasteiger partial charge in [-0.25, -0.2) is 0 Å². The van der Waals surface area contributed by atoms with E-state index in [-0.39, 0.29) is 6.79 Å². The van der Waals surface area contributed by atoms with Gasteiger partial charge in [0.1, 0.15) is 11.6 Å². The molecule has 0 fully saturated rings. The first kappa shape index (κ1) is 11.6. The number of ether oxygens (including phenoxy) is 2. The van der Waals surface area contributed by atoms with Crippen molar-refractivity contribution in [3.63, 3.8) is 0 Å². The zero-order valence-electron chi connectivity index (χ0n) is 9.81. The second-order valence-corrected chi connectivity index (χ2v) is 5.04. The number of benzene rings is 1. The van der Waals surface area contributed by atoms with Crippen LogP contribution >= 0.6 is 15.9 Å². The molecule has 1 aliphatic heterocycles. The number of fused-ring (bicyclic) bond motifs is 1. The molecule has 1 aliphatic rings. The molecule has 1 aromatic carbocycles. The van der Waals surface area contributed by atoms with Crippen molar-refractivity contribution in [1.82, 2.24) is 9.78 Å². The fraction of sp³-hybridized carbons (Fsp3) is 0.250. The molecule has 6 heteroatoms. The zero-order chi connectivity index (χ0) is 12.7. The third-order valence-corrected chi connectivity index (χ3v) is 3.41. The predicted molar refractivity (Wildman–Crippen MR) is 71.0 cm³/mol. The molecule has 0 amide bonds. The predicted octanol–water partition coefficient (Wildman–Crippen LogP) is 2.30. The second kappa shape index (κ2) is 4.29. The summed E-state index contributed by atoms with van der Waals surface area (Å²) in [6, 6.07) is 3.97. The zero-order valence-corrected chi connectivity index (χ0v) is 11.4. The van der Waals surface area contributed by atoms with Crippen LogP contribution < -0.4 is 10.5 Å². The van der Waals surface area contributed by atoms with E-state index in [1.165, 1.54) is 0 Å². The van der Waals surface area contributed by atoms with Gasteiger partial charge in [-0.15, -0.1) is 0 Å². The van der Waals surface area contributed by atoms with Gasteiger partial charge >= 0.3 is 0 Å². The summed E-state index contributed by atoms with van der Waals surface area (Å²) in [5.74, 6) is 1.44. The Hall–Kier alpha value is -1.53. The lowest BCUT2D eigenvalue weighted by Crippen LogP contribution is -2.12. The van der Waals surface area contributed by atoms with Crippen LogP contribution in [0.25, 0.3) is 11.1 Å². The summed E-state index contributed by atoms with van der Waals surface area (Å²) in [6.07, 6.45) is 1.75. The van der Waals surface area contributed by atoms with Crippen LogP contribution in [0.15, 0.2) is 22.8 Å². The highest BCUT2D eigenvalue weighted by atomic mass is 79.9. The molecule has 0 saturated heterocycles. The first-order chi connectivity index (χ1) is 8.66. The molecule has 0 radical (unpaired) electrons. The SMILES string of the molecule is Cn1ncc(-c2cc(Br)cc3c2OCOC3)c1N. The number of aromatic nitrogens is 2. The Morgan fingerprint density at radius 2 is 2.22 bits per heavy atom. The molecule has 0 spiro atoms. The molecule has 0 aliphatic carbocycles. The van der Waals surface area contributed by atoms with Gasteiger partial charge in [-0.3, -0.25) is 4.68 Å². The smallest absolute Gasteiger partial charge is 0.189 e. The number of nitrogens with two attached hydrogens (primary N) is 1. The highest BCUT2D eigenvalue weighted by molar-refractivity contribution is 9.10. The number of rotatable bonds is 1. The molecule has 2 N–H and O–H groups in total. The maximum absolute atomic E-state index is 6.02. The Balaban J connectivity index is 2.22. The van der Waals surface area contributed by atoms with Gasteiger partial charge in [-0.05, 0) is 12.1 Å². The minimum atomic E-state index is 0.266. The molecular formula is C12H12BrN3O2. The van der Waals surface area contributed by atoms with Gasteiger partial charge in [0.25, 0.3) is 0 Å². The van der Waals surface area contributed by atoms with Gasteiger partial charge in [-0.2, -0.15) is 5.10 Å². The first-order valence-electron chi connectivity index (χ1n) is 5.47. The fourth-order valence-corrected chi connectivity index (χ4v) is 2.54. The van der Waals surface area contributed by atoms with Crippen LogP contribution in [-0.4, -0.2) is 16.6 Å². The molecule has 1 aromatic heterocycles. The number of nitrogen functional groups attached to an aromatic ring is 1. The van der Waals surface area contributed by atoms with Crippen LogP contribution in [0.4, 0.5) is 5.82 Å². The van der Waals surface area contributed by atoms with Crippen molar-refractivity contribution in [3.8, 4) is 16.9 Å². The van der Waals surface area contributed by atoms with Gasteiger partial charge in [0, 0.05) is 28.2 Å². The van der Waals surface area contributed by atoms with E-state index < -0.39 is 0 Å². The summed E-state index contributed by atoms with van der Waals surface area (Å²) in [6.45, 7) is 0.809. The highest BCUT2D eigenvalue weighted by Crippen LogP contribution is 2.40. The normalized spacial score (nSPS) is 14.1. The van der Waals surface area contributed by atoms with E-state index in [0.717, 1.165) is 26.9 Å². The quantitative estimate of drug-likeness (QED) is 0.878. The molecule has 0 bridgehead atoms. The van der Waals surface area contributed by atoms with Gasteiger partial charge in [-0.1, -0.05) is 15.9 Å². The molecule has 0 unspecified atom stereocenters. The van der Waals surface area contributed by atoms with E-state index in [1.807, 2.05) is 19.2 Å². The molecule has 2 aromatic rings. The minimum absolute atomic E-state index is 0.266. The lowest BCUT2D eigenvalue weighted by Gasteiger charge is -2.21. The Bertz CT molecular complexity index is 610. The van der Waals surface area contributed by atoms with E-state index in [1.54, 1.807) is 10.9 Å². The van der Waals surface area contributed by atoms with Crippen LogP contribution in [0, 0.1) is 0 Å². The molecule has 3 rings (SSSR count). The lowest BCUT2D eigenvalue weighted by atomic mass is 10.0. The average Bonchev–Trinajstić information content (AvgIpc) is 2.69. The van der Waals surface area contributed by atoms with Gasteiger partial charge in [0.2, 0.25) is 0 Å². The van der Waals surface area contributed by atoms with E-state index in [0.29, 0.717) is 12.4 Å². The molecule has 2 heterocycles. The van der Waals surface area contributed by atoms with Gasteiger partial charge in [0.05, 0.1) is 12.8 Å². The third kappa shape index (κ3) is 1.77. The number of nitrogens with zero attached hydrogens (tertiary/aromatic N) is 2. The third-order valence-electron chi connectivity index (χ3n) is 2.95. The van der Waals surface area contributed by atoms with Crippen molar-refractivity contribution in [2.24, 2.45) is 7.05 Å². The summed E-state index contributed by atoms with van der Waals surface area (Å²) in [5.41, 5.74) is 8.83. The van der Waals surface area contributed by atoms with Crippen molar-refractivity contribution < 1.29 is 9.47 Å². The topological polar surface area (TPSA) is 62.3 Å². The monoisotopic (exact) mass is 309 g/mol. The second-order valence-electron chi connectivity index (χ2n) is 4.12. The molecule has 0 saturated carbocycles. The van der Waals surface area contributed by atoms with Crippen molar-refractivity contribution >= 4 is 21.7 Å². The number of anilines is 1. The minimum Gasteiger partial charge on any atom is -0.467 e. The first-order valence-corrected chi connectivity index (χ1v) is 6.27. The molecule has 0 atom stereocenters. The summed E-state index contributed by atoms with van der Waals surface area (Å²) >= 11 is 3.49. The van der Waals surface area contributed by atoms with Crippen LogP contribution in [-0.2, 0) is 18.4 Å². The van der Waals surface area contributed by atoms with Crippen LogP contribution in [0.2, 0.25) is 0 Å². The summed E-state index contributed by atoms with van der Waals surface area (Å²) in [5, 5.41) is 4.16. The Morgan fingerprint density at radius 3 is 2.94 bits per heavy atom. The van der Waals surface area contributed by atoms with Gasteiger partial charge in [0.15, 0.2) is 6.79 Å². The fourth-order valence-electron chi connectivity index (χ4n) is 2.03. The van der Waals surface area contributed by atoms with Crippen LogP contribution in [0.3, 0.4) is 0 Å². The largest absolute Gasteiger partial charge is 0.467 e. The number of aryl methyl sites for hydroxylation is 1. The van der Waals surface area contributed by atoms with E-state index in [2.05, 4.69) is 21.0 Å². The van der Waals surface area contributed by atoms with E-state index >= 15 is 0 Å². The molecular weight excluding hydrogens is 298 g/mol. The van der Waals surface area contributed by atoms with Crippen LogP contribution in [0.5, 0.6) is 5.75 Å². The molecule has 94 valence electrons. The van der Waals surface area contributed by atoms with Crippen molar-refractivity contribution in [3.05, 3.63) is 28.4 Å². The highest BCUT2D eigenvalue weighted by Gasteiger charge is 2.20.